The average molecular weight is 368 g/mol. The number of hydrogen-bond acceptors (Lipinski definition) is 3. The molecule has 2 aromatic rings. The molecule has 0 saturated heterocycles. The molecule has 3 rings (SSSR count). The summed E-state index contributed by atoms with van der Waals surface area (Å²) in [6, 6.07) is 15.8. The summed E-state index contributed by atoms with van der Waals surface area (Å²) in [6.07, 6.45) is 0.244. The summed E-state index contributed by atoms with van der Waals surface area (Å²) >= 11 is 0. The van der Waals surface area contributed by atoms with Crippen LogP contribution < -0.4 is 4.74 Å². The number of alkyl halides is 1. The van der Waals surface area contributed by atoms with E-state index in [4.69, 9.17) is 9.47 Å². The van der Waals surface area contributed by atoms with Crippen molar-refractivity contribution in [2.24, 2.45) is 17.3 Å². The van der Waals surface area contributed by atoms with Gasteiger partial charge in [-0.3, -0.25) is 4.79 Å². The van der Waals surface area contributed by atoms with Crippen LogP contribution in [-0.4, -0.2) is 5.97 Å². The number of allylic oxidation sites excluding steroid dienone is 2. The number of hydrogen-bond donors (Lipinski definition) is 0. The maximum atomic E-state index is 14.6. The molecular weight excluding hydrogens is 343 g/mol. The molecule has 27 heavy (non-hydrogen) atoms. The molecule has 1 aliphatic rings. The number of benzene rings is 2. The third kappa shape index (κ3) is 4.38. The Balaban J connectivity index is 1.66. The molecule has 2 aromatic carbocycles. The molecule has 1 aliphatic carbocycles. The fraction of sp³-hybridized carbons (Fsp3) is 0.348. The minimum absolute atomic E-state index is 0.0925. The smallest absolute Gasteiger partial charge is 0.312 e. The minimum atomic E-state index is -1.82. The van der Waals surface area contributed by atoms with Crippen molar-refractivity contribution >= 4 is 5.97 Å². The van der Waals surface area contributed by atoms with Crippen LogP contribution in [0, 0.1) is 17.3 Å². The topological polar surface area (TPSA) is 35.5 Å². The lowest BCUT2D eigenvalue weighted by Crippen LogP contribution is -2.13. The molecule has 3 nitrogen and oxygen atoms in total. The van der Waals surface area contributed by atoms with Crippen LogP contribution in [0.5, 0.6) is 11.5 Å². The van der Waals surface area contributed by atoms with E-state index in [1.54, 1.807) is 24.3 Å². The molecule has 0 aliphatic heterocycles. The van der Waals surface area contributed by atoms with Crippen LogP contribution in [0.25, 0.3) is 0 Å². The molecule has 0 bridgehead atoms. The summed E-state index contributed by atoms with van der Waals surface area (Å²) in [5.74, 6) is 0.437. The summed E-state index contributed by atoms with van der Waals surface area (Å²) in [7, 11) is 0. The molecule has 0 N–H and O–H groups in total. The fourth-order valence-electron chi connectivity index (χ4n) is 3.39. The summed E-state index contributed by atoms with van der Waals surface area (Å²) in [4.78, 5) is 12.4. The zero-order valence-corrected chi connectivity index (χ0v) is 16.1. The van der Waals surface area contributed by atoms with Crippen LogP contribution in [0.3, 0.4) is 0 Å². The van der Waals surface area contributed by atoms with Crippen LogP contribution >= 0.6 is 0 Å². The summed E-state index contributed by atoms with van der Waals surface area (Å²) in [5.41, 5.74) is 1.20. The predicted octanol–water partition coefficient (Wildman–Crippen LogP) is 6.23. The van der Waals surface area contributed by atoms with Crippen LogP contribution in [0.2, 0.25) is 0 Å². The molecular formula is C23H25FO3. The number of ether oxygens (including phenoxy) is 2. The molecule has 0 aromatic heterocycles. The van der Waals surface area contributed by atoms with E-state index in [1.807, 2.05) is 58.0 Å². The average Bonchev–Trinajstić information content (AvgIpc) is 3.15. The second-order valence-corrected chi connectivity index (χ2v) is 7.81. The van der Waals surface area contributed by atoms with Crippen molar-refractivity contribution in [2.45, 2.75) is 34.1 Å². The lowest BCUT2D eigenvalue weighted by molar-refractivity contribution is -0.161. The van der Waals surface area contributed by atoms with Gasteiger partial charge >= 0.3 is 5.97 Å². The van der Waals surface area contributed by atoms with Crippen LogP contribution in [0.4, 0.5) is 4.39 Å². The van der Waals surface area contributed by atoms with Gasteiger partial charge in [0.05, 0.1) is 5.92 Å². The van der Waals surface area contributed by atoms with E-state index in [1.165, 1.54) is 0 Å². The largest absolute Gasteiger partial charge is 0.457 e. The van der Waals surface area contributed by atoms with Gasteiger partial charge < -0.3 is 9.47 Å². The number of halogens is 1. The van der Waals surface area contributed by atoms with Gasteiger partial charge in [-0.25, -0.2) is 0 Å². The van der Waals surface area contributed by atoms with Gasteiger partial charge in [-0.15, -0.1) is 0 Å². The lowest BCUT2D eigenvalue weighted by Gasteiger charge is -2.12. The van der Waals surface area contributed by atoms with E-state index in [0.717, 1.165) is 5.57 Å². The molecule has 0 spiro atoms. The minimum Gasteiger partial charge on any atom is -0.457 e. The van der Waals surface area contributed by atoms with Crippen molar-refractivity contribution in [1.82, 2.24) is 0 Å². The predicted molar refractivity (Wildman–Crippen MR) is 103 cm³/mol. The number of carbonyl (C=O) groups is 1. The van der Waals surface area contributed by atoms with Gasteiger partial charge in [0.25, 0.3) is 6.36 Å². The first-order valence-corrected chi connectivity index (χ1v) is 9.11. The Morgan fingerprint density at radius 3 is 2.41 bits per heavy atom. The molecule has 0 amide bonds. The Kier molecular flexibility index (Phi) is 5.36. The third-order valence-corrected chi connectivity index (χ3v) is 5.00. The Hall–Kier alpha value is -2.62. The van der Waals surface area contributed by atoms with Gasteiger partial charge in [-0.2, -0.15) is 4.39 Å². The Bertz CT molecular complexity index is 838. The second-order valence-electron chi connectivity index (χ2n) is 7.81. The van der Waals surface area contributed by atoms with Crippen molar-refractivity contribution in [1.29, 1.82) is 0 Å². The van der Waals surface area contributed by atoms with Crippen molar-refractivity contribution in [3.63, 3.8) is 0 Å². The molecule has 1 saturated carbocycles. The quantitative estimate of drug-likeness (QED) is 0.448. The monoisotopic (exact) mass is 368 g/mol. The standard InChI is InChI=1S/C23H25FO3/c1-15(2)13-19-20(23(19,3)4)22(25)27-21(24)16-9-8-12-18(14-16)26-17-10-6-5-7-11-17/h5-14,19-21H,1-4H3. The van der Waals surface area contributed by atoms with Gasteiger partial charge in [0.15, 0.2) is 0 Å². The first-order chi connectivity index (χ1) is 12.8. The van der Waals surface area contributed by atoms with E-state index in [9.17, 15) is 9.18 Å². The van der Waals surface area contributed by atoms with Gasteiger partial charge in [-0.05, 0) is 49.4 Å². The summed E-state index contributed by atoms with van der Waals surface area (Å²) in [5, 5.41) is 0. The number of para-hydroxylation sites is 1. The van der Waals surface area contributed by atoms with E-state index in [0.29, 0.717) is 11.5 Å². The zero-order valence-electron chi connectivity index (χ0n) is 16.1. The Labute approximate surface area is 159 Å². The molecule has 1 fully saturated rings. The van der Waals surface area contributed by atoms with Crippen LogP contribution in [0.1, 0.15) is 39.6 Å². The second kappa shape index (κ2) is 7.55. The first-order valence-electron chi connectivity index (χ1n) is 9.11. The Morgan fingerprint density at radius 1 is 1.07 bits per heavy atom. The molecule has 142 valence electrons. The van der Waals surface area contributed by atoms with Gasteiger partial charge in [0.2, 0.25) is 0 Å². The SMILES string of the molecule is CC(C)=CC1C(C(=O)OC(F)c2cccc(Oc3ccccc3)c2)C1(C)C. The number of carbonyl (C=O) groups excluding carboxylic acids is 1. The maximum absolute atomic E-state index is 14.6. The summed E-state index contributed by atoms with van der Waals surface area (Å²) in [6.45, 7) is 8.00. The molecule has 3 atom stereocenters. The van der Waals surface area contributed by atoms with Gasteiger partial charge in [0.1, 0.15) is 11.5 Å². The highest BCUT2D eigenvalue weighted by atomic mass is 19.1. The van der Waals surface area contributed by atoms with E-state index >= 15 is 0 Å². The van der Waals surface area contributed by atoms with Crippen LogP contribution in [0.15, 0.2) is 66.2 Å². The molecule has 4 heteroatoms. The number of esters is 1. The highest BCUT2D eigenvalue weighted by molar-refractivity contribution is 5.78. The molecule has 3 unspecified atom stereocenters. The van der Waals surface area contributed by atoms with E-state index < -0.39 is 12.3 Å². The van der Waals surface area contributed by atoms with Crippen molar-refractivity contribution < 1.29 is 18.7 Å². The maximum Gasteiger partial charge on any atom is 0.312 e. The molecule has 0 heterocycles. The van der Waals surface area contributed by atoms with Crippen molar-refractivity contribution in [2.75, 3.05) is 0 Å². The summed E-state index contributed by atoms with van der Waals surface area (Å²) < 4.78 is 25.5. The van der Waals surface area contributed by atoms with Crippen LogP contribution in [-0.2, 0) is 9.53 Å². The normalized spacial score (nSPS) is 21.1. The van der Waals surface area contributed by atoms with E-state index in [-0.39, 0.29) is 22.8 Å². The van der Waals surface area contributed by atoms with Crippen molar-refractivity contribution in [3.05, 3.63) is 71.8 Å². The Morgan fingerprint density at radius 2 is 1.74 bits per heavy atom. The number of rotatable bonds is 6. The van der Waals surface area contributed by atoms with Gasteiger partial charge in [0, 0.05) is 5.56 Å². The van der Waals surface area contributed by atoms with E-state index in [2.05, 4.69) is 6.08 Å². The molecule has 0 radical (unpaired) electrons. The van der Waals surface area contributed by atoms with Crippen molar-refractivity contribution in [3.8, 4) is 11.5 Å². The van der Waals surface area contributed by atoms with Gasteiger partial charge in [-0.1, -0.05) is 55.8 Å². The zero-order chi connectivity index (χ0) is 19.6. The fourth-order valence-corrected chi connectivity index (χ4v) is 3.39. The highest BCUT2D eigenvalue weighted by Gasteiger charge is 2.61. The first kappa shape index (κ1) is 19.2. The third-order valence-electron chi connectivity index (χ3n) is 5.00. The lowest BCUT2D eigenvalue weighted by atomic mass is 10.1. The highest BCUT2D eigenvalue weighted by Crippen LogP contribution is 2.60.